The molecule has 0 heterocycles. The second-order valence-corrected chi connectivity index (χ2v) is 10.6. The van der Waals surface area contributed by atoms with Crippen LogP contribution in [0.4, 0.5) is 0 Å². The highest BCUT2D eigenvalue weighted by Crippen LogP contribution is 2.06. The number of hydrogen-bond donors (Lipinski definition) is 0. The molecule has 0 N–H and O–H groups in total. The van der Waals surface area contributed by atoms with Gasteiger partial charge in [0.2, 0.25) is 0 Å². The molecule has 0 rings (SSSR count). The second-order valence-electron chi connectivity index (χ2n) is 10.6. The van der Waals surface area contributed by atoms with Crippen LogP contribution >= 0.6 is 0 Å². The molecule has 0 aromatic rings. The average molecular weight is 416 g/mol. The molecule has 29 heavy (non-hydrogen) atoms. The summed E-state index contributed by atoms with van der Waals surface area (Å²) in [5.41, 5.74) is 0. The first-order valence-corrected chi connectivity index (χ1v) is 12.4. The van der Waals surface area contributed by atoms with Crippen molar-refractivity contribution >= 4 is 0 Å². The monoisotopic (exact) mass is 415 g/mol. The number of hydrogen-bond acceptors (Lipinski definition) is 3. The first-order chi connectivity index (χ1) is 13.3. The maximum absolute atomic E-state index is 2.60. The molecular weight excluding hydrogens is 354 g/mol. The lowest BCUT2D eigenvalue weighted by Crippen LogP contribution is -2.34. The third-order valence-electron chi connectivity index (χ3n) is 4.71. The van der Waals surface area contributed by atoms with Gasteiger partial charge in [-0.25, -0.2) is 0 Å². The van der Waals surface area contributed by atoms with E-state index < -0.39 is 0 Å². The number of nitrogens with zero attached hydrogens (tertiary/aromatic N) is 3. The van der Waals surface area contributed by atoms with Crippen molar-refractivity contribution in [3.63, 3.8) is 0 Å². The Bertz CT molecular complexity index is 273. The molecule has 0 aliphatic carbocycles. The second kappa shape index (κ2) is 21.1. The van der Waals surface area contributed by atoms with E-state index in [1.807, 2.05) is 0 Å². The topological polar surface area (TPSA) is 9.72 Å². The Labute approximate surface area is 187 Å². The van der Waals surface area contributed by atoms with Gasteiger partial charge in [-0.2, -0.15) is 0 Å². The van der Waals surface area contributed by atoms with Crippen molar-refractivity contribution in [2.45, 2.75) is 108 Å². The van der Waals surface area contributed by atoms with Crippen molar-refractivity contribution in [3.8, 4) is 0 Å². The molecule has 0 aliphatic heterocycles. The standard InChI is InChI=1S/C12H27N.2C7H17N/c1-10(2)7-13(8-11(3)4)9-12(5)6;1-6(2)8(5)7(3)4;1-4-6-8(3)7-5-2/h10-12H,7-9H2,1-6H3;6-7H,1-5H3;4-7H2,1-3H3. The van der Waals surface area contributed by atoms with Crippen molar-refractivity contribution in [3.05, 3.63) is 0 Å². The van der Waals surface area contributed by atoms with Gasteiger partial charge in [0, 0.05) is 31.7 Å². The van der Waals surface area contributed by atoms with Crippen molar-refractivity contribution in [2.75, 3.05) is 46.8 Å². The molecule has 0 bridgehead atoms. The van der Waals surface area contributed by atoms with Crippen molar-refractivity contribution in [1.29, 1.82) is 0 Å². The molecule has 0 atom stereocenters. The Kier molecular flexibility index (Phi) is 24.4. The molecule has 180 valence electrons. The molecular formula is C26H61N3. The predicted molar refractivity (Wildman–Crippen MR) is 137 cm³/mol. The molecule has 0 saturated heterocycles. The Morgan fingerprint density at radius 1 is 0.517 bits per heavy atom. The van der Waals surface area contributed by atoms with Crippen LogP contribution in [0, 0.1) is 17.8 Å². The maximum Gasteiger partial charge on any atom is 0.00382 e. The molecule has 0 aliphatic rings. The zero-order valence-electron chi connectivity index (χ0n) is 23.2. The molecule has 0 fully saturated rings. The lowest BCUT2D eigenvalue weighted by Gasteiger charge is -2.27. The highest BCUT2D eigenvalue weighted by molar-refractivity contribution is 4.64. The zero-order valence-corrected chi connectivity index (χ0v) is 23.2. The fourth-order valence-electron chi connectivity index (χ4n) is 3.24. The zero-order chi connectivity index (χ0) is 23.6. The normalized spacial score (nSPS) is 11.8. The molecule has 3 nitrogen and oxygen atoms in total. The predicted octanol–water partition coefficient (Wildman–Crippen LogP) is 6.73. The summed E-state index contributed by atoms with van der Waals surface area (Å²) >= 11 is 0. The summed E-state index contributed by atoms with van der Waals surface area (Å²) in [5.74, 6) is 2.37. The van der Waals surface area contributed by atoms with Crippen molar-refractivity contribution in [2.24, 2.45) is 17.8 Å². The molecule has 3 heteroatoms. The first-order valence-electron chi connectivity index (χ1n) is 12.4. The minimum absolute atomic E-state index is 0.676. The van der Waals surface area contributed by atoms with Crippen LogP contribution in [0.25, 0.3) is 0 Å². The lowest BCUT2D eigenvalue weighted by atomic mass is 10.1. The quantitative estimate of drug-likeness (QED) is 0.350. The van der Waals surface area contributed by atoms with Gasteiger partial charge in [-0.3, -0.25) is 0 Å². The summed E-state index contributed by atoms with van der Waals surface area (Å²) in [4.78, 5) is 7.29. The van der Waals surface area contributed by atoms with Gasteiger partial charge in [0.05, 0.1) is 0 Å². The van der Waals surface area contributed by atoms with Crippen LogP contribution in [0.3, 0.4) is 0 Å². The molecule has 0 aromatic carbocycles. The SMILES string of the molecule is CC(C)CN(CC(C)C)CC(C)C.CC(C)N(C)C(C)C.CCCN(C)CCC. The van der Waals surface area contributed by atoms with Gasteiger partial charge in [-0.05, 0) is 85.5 Å². The molecule has 0 aromatic heterocycles. The minimum atomic E-state index is 0.676. The van der Waals surface area contributed by atoms with Gasteiger partial charge in [-0.1, -0.05) is 55.4 Å². The largest absolute Gasteiger partial charge is 0.306 e. The van der Waals surface area contributed by atoms with Crippen LogP contribution in [0.5, 0.6) is 0 Å². The first kappa shape index (κ1) is 33.5. The van der Waals surface area contributed by atoms with E-state index in [9.17, 15) is 0 Å². The average Bonchev–Trinajstić information content (AvgIpc) is 2.53. The third kappa shape index (κ3) is 27.9. The minimum Gasteiger partial charge on any atom is -0.306 e. The van der Waals surface area contributed by atoms with Crippen LogP contribution in [-0.4, -0.2) is 73.6 Å². The summed E-state index contributed by atoms with van der Waals surface area (Å²) in [6, 6.07) is 1.35. The van der Waals surface area contributed by atoms with Gasteiger partial charge in [0.15, 0.2) is 0 Å². The van der Waals surface area contributed by atoms with Crippen LogP contribution in [0.1, 0.15) is 95.9 Å². The molecule has 0 unspecified atom stereocenters. The highest BCUT2D eigenvalue weighted by Gasteiger charge is 2.10. The molecule has 0 spiro atoms. The van der Waals surface area contributed by atoms with E-state index >= 15 is 0 Å². The highest BCUT2D eigenvalue weighted by atomic mass is 15.1. The summed E-state index contributed by atoms with van der Waals surface area (Å²) in [5, 5.41) is 0. The molecule has 0 saturated carbocycles. The smallest absolute Gasteiger partial charge is 0.00382 e. The van der Waals surface area contributed by atoms with Crippen LogP contribution in [-0.2, 0) is 0 Å². The van der Waals surface area contributed by atoms with E-state index in [4.69, 9.17) is 0 Å². The summed E-state index contributed by atoms with van der Waals surface area (Å²) in [6.45, 7) is 33.3. The maximum atomic E-state index is 2.60. The van der Waals surface area contributed by atoms with E-state index in [0.717, 1.165) is 17.8 Å². The summed E-state index contributed by atoms with van der Waals surface area (Å²) in [7, 11) is 4.32. The van der Waals surface area contributed by atoms with Gasteiger partial charge >= 0.3 is 0 Å². The van der Waals surface area contributed by atoms with Crippen LogP contribution in [0.15, 0.2) is 0 Å². The third-order valence-corrected chi connectivity index (χ3v) is 4.71. The van der Waals surface area contributed by atoms with Gasteiger partial charge in [0.1, 0.15) is 0 Å². The van der Waals surface area contributed by atoms with Crippen LogP contribution < -0.4 is 0 Å². The fraction of sp³-hybridized carbons (Fsp3) is 1.00. The van der Waals surface area contributed by atoms with E-state index in [1.165, 1.54) is 45.6 Å². The van der Waals surface area contributed by atoms with Gasteiger partial charge in [0.25, 0.3) is 0 Å². The van der Waals surface area contributed by atoms with E-state index in [1.54, 1.807) is 0 Å². The summed E-state index contributed by atoms with van der Waals surface area (Å²) in [6.07, 6.45) is 2.55. The lowest BCUT2D eigenvalue weighted by molar-refractivity contribution is 0.198. The van der Waals surface area contributed by atoms with Gasteiger partial charge < -0.3 is 14.7 Å². The van der Waals surface area contributed by atoms with E-state index in [2.05, 4.69) is 112 Å². The molecule has 0 amide bonds. The van der Waals surface area contributed by atoms with E-state index in [-0.39, 0.29) is 0 Å². The fourth-order valence-corrected chi connectivity index (χ4v) is 3.24. The Morgan fingerprint density at radius 2 is 0.793 bits per heavy atom. The van der Waals surface area contributed by atoms with Gasteiger partial charge in [-0.15, -0.1) is 0 Å². The Morgan fingerprint density at radius 3 is 0.931 bits per heavy atom. The molecule has 0 radical (unpaired) electrons. The Hall–Kier alpha value is -0.120. The van der Waals surface area contributed by atoms with Crippen LogP contribution in [0.2, 0.25) is 0 Å². The number of rotatable bonds is 12. The van der Waals surface area contributed by atoms with E-state index in [0.29, 0.717) is 12.1 Å². The summed E-state index contributed by atoms with van der Waals surface area (Å²) < 4.78 is 0. The van der Waals surface area contributed by atoms with Crippen molar-refractivity contribution < 1.29 is 0 Å². The Balaban J connectivity index is -0.000000368. The van der Waals surface area contributed by atoms with Crippen molar-refractivity contribution in [1.82, 2.24) is 14.7 Å².